The molecule has 106 valence electrons. The minimum absolute atomic E-state index is 0.0656. The molecule has 0 aromatic heterocycles. The van der Waals surface area contributed by atoms with Crippen molar-refractivity contribution >= 4 is 12.1 Å². The number of nitrogens with one attached hydrogen (secondary N) is 1. The topological polar surface area (TPSA) is 84.9 Å². The van der Waals surface area contributed by atoms with E-state index in [1.165, 1.54) is 0 Å². The van der Waals surface area contributed by atoms with Crippen LogP contribution in [0.5, 0.6) is 0 Å². The molecule has 0 aliphatic rings. The minimum Gasteiger partial charge on any atom is -0.466 e. The van der Waals surface area contributed by atoms with Crippen LogP contribution in [0.25, 0.3) is 0 Å². The number of aliphatic hydroxyl groups is 1. The van der Waals surface area contributed by atoms with Crippen molar-refractivity contribution in [1.82, 2.24) is 5.32 Å². The van der Waals surface area contributed by atoms with Gasteiger partial charge in [0.1, 0.15) is 5.60 Å². The summed E-state index contributed by atoms with van der Waals surface area (Å²) < 4.78 is 9.71. The number of hydrogen-bond acceptors (Lipinski definition) is 5. The van der Waals surface area contributed by atoms with Crippen molar-refractivity contribution in [2.24, 2.45) is 0 Å². The lowest BCUT2D eigenvalue weighted by Crippen LogP contribution is -2.34. The quantitative estimate of drug-likeness (QED) is 0.702. The van der Waals surface area contributed by atoms with Gasteiger partial charge in [-0.15, -0.1) is 0 Å². The molecule has 0 saturated heterocycles. The third-order valence-electron chi connectivity index (χ3n) is 1.85. The molecule has 0 heterocycles. The first-order chi connectivity index (χ1) is 8.24. The van der Waals surface area contributed by atoms with Crippen LogP contribution in [0, 0.1) is 0 Å². The fourth-order valence-electron chi connectivity index (χ4n) is 1.17. The summed E-state index contributed by atoms with van der Waals surface area (Å²) in [5.74, 6) is -0.442. The molecular weight excluding hydrogens is 238 g/mol. The van der Waals surface area contributed by atoms with Crippen molar-refractivity contribution in [3.63, 3.8) is 0 Å². The molecule has 0 radical (unpaired) electrons. The molecule has 6 heteroatoms. The van der Waals surface area contributed by atoms with Gasteiger partial charge in [0, 0.05) is 6.54 Å². The maximum absolute atomic E-state index is 11.3. The summed E-state index contributed by atoms with van der Waals surface area (Å²) in [6.45, 7) is 7.54. The Kier molecular flexibility index (Phi) is 7.35. The van der Waals surface area contributed by atoms with Gasteiger partial charge < -0.3 is 19.9 Å². The molecule has 18 heavy (non-hydrogen) atoms. The third kappa shape index (κ3) is 9.89. The Morgan fingerprint density at radius 3 is 2.44 bits per heavy atom. The summed E-state index contributed by atoms with van der Waals surface area (Å²) >= 11 is 0. The van der Waals surface area contributed by atoms with Crippen LogP contribution in [0.2, 0.25) is 0 Å². The van der Waals surface area contributed by atoms with Crippen molar-refractivity contribution in [2.45, 2.75) is 52.2 Å². The molecule has 0 aromatic carbocycles. The van der Waals surface area contributed by atoms with Gasteiger partial charge in [0.25, 0.3) is 0 Å². The summed E-state index contributed by atoms with van der Waals surface area (Å²) in [6.07, 6.45) is -1.15. The van der Waals surface area contributed by atoms with E-state index in [0.29, 0.717) is 6.61 Å². The van der Waals surface area contributed by atoms with Crippen molar-refractivity contribution < 1.29 is 24.2 Å². The Morgan fingerprint density at radius 2 is 1.94 bits per heavy atom. The molecule has 6 nitrogen and oxygen atoms in total. The fourth-order valence-corrected chi connectivity index (χ4v) is 1.17. The number of amides is 1. The normalized spacial score (nSPS) is 12.7. The van der Waals surface area contributed by atoms with Crippen LogP contribution < -0.4 is 5.32 Å². The first-order valence-electron chi connectivity index (χ1n) is 6.05. The van der Waals surface area contributed by atoms with E-state index < -0.39 is 23.8 Å². The molecule has 0 saturated carbocycles. The summed E-state index contributed by atoms with van der Waals surface area (Å²) in [5, 5.41) is 12.0. The van der Waals surface area contributed by atoms with Crippen LogP contribution in [-0.4, -0.2) is 42.0 Å². The molecule has 1 unspecified atom stereocenters. The van der Waals surface area contributed by atoms with Crippen LogP contribution in [0.3, 0.4) is 0 Å². The molecule has 0 bridgehead atoms. The molecule has 0 aliphatic carbocycles. The Balaban J connectivity index is 3.71. The maximum Gasteiger partial charge on any atom is 0.407 e. The zero-order chi connectivity index (χ0) is 14.2. The smallest absolute Gasteiger partial charge is 0.407 e. The Hall–Kier alpha value is -1.30. The minimum atomic E-state index is -0.820. The number of rotatable bonds is 6. The molecule has 1 amide bonds. The van der Waals surface area contributed by atoms with E-state index in [9.17, 15) is 14.7 Å². The summed E-state index contributed by atoms with van der Waals surface area (Å²) in [5.41, 5.74) is -0.548. The predicted molar refractivity (Wildman–Crippen MR) is 66.1 cm³/mol. The highest BCUT2D eigenvalue weighted by Gasteiger charge is 2.16. The molecule has 2 N–H and O–H groups in total. The number of ether oxygens (including phenoxy) is 2. The highest BCUT2D eigenvalue weighted by Crippen LogP contribution is 2.06. The van der Waals surface area contributed by atoms with Gasteiger partial charge >= 0.3 is 12.1 Å². The van der Waals surface area contributed by atoms with Crippen molar-refractivity contribution in [3.05, 3.63) is 0 Å². The number of aliphatic hydroxyl groups excluding tert-OH is 1. The number of carbonyl (C=O) groups is 2. The van der Waals surface area contributed by atoms with E-state index >= 15 is 0 Å². The third-order valence-corrected chi connectivity index (χ3v) is 1.85. The average molecular weight is 261 g/mol. The van der Waals surface area contributed by atoms with Crippen LogP contribution in [0.15, 0.2) is 0 Å². The first-order valence-corrected chi connectivity index (χ1v) is 6.05. The summed E-state index contributed by atoms with van der Waals surface area (Å²) in [4.78, 5) is 22.3. The molecule has 0 rings (SSSR count). The Morgan fingerprint density at radius 1 is 1.33 bits per heavy atom. The van der Waals surface area contributed by atoms with Gasteiger partial charge in [-0.2, -0.15) is 0 Å². The Bertz CT molecular complexity index is 272. The highest BCUT2D eigenvalue weighted by molar-refractivity contribution is 5.70. The van der Waals surface area contributed by atoms with Crippen molar-refractivity contribution in [2.75, 3.05) is 13.2 Å². The molecule has 0 aromatic rings. The first kappa shape index (κ1) is 16.7. The van der Waals surface area contributed by atoms with Crippen LogP contribution >= 0.6 is 0 Å². The summed E-state index contributed by atoms with van der Waals surface area (Å²) in [6, 6.07) is 0. The molecule has 1 atom stereocenters. The monoisotopic (exact) mass is 261 g/mol. The van der Waals surface area contributed by atoms with E-state index in [0.717, 1.165) is 0 Å². The zero-order valence-electron chi connectivity index (χ0n) is 11.5. The van der Waals surface area contributed by atoms with Gasteiger partial charge in [0.05, 0.1) is 19.1 Å². The van der Waals surface area contributed by atoms with Gasteiger partial charge in [0.15, 0.2) is 0 Å². The second-order valence-electron chi connectivity index (χ2n) is 4.88. The van der Waals surface area contributed by atoms with Gasteiger partial charge in [-0.3, -0.25) is 4.79 Å². The largest absolute Gasteiger partial charge is 0.466 e. The predicted octanol–water partition coefficient (Wildman–Crippen LogP) is 1.22. The van der Waals surface area contributed by atoms with E-state index in [1.54, 1.807) is 27.7 Å². The van der Waals surface area contributed by atoms with Crippen molar-refractivity contribution in [3.8, 4) is 0 Å². The van der Waals surface area contributed by atoms with E-state index in [-0.39, 0.29) is 19.4 Å². The maximum atomic E-state index is 11.3. The molecule has 0 spiro atoms. The second kappa shape index (κ2) is 7.92. The van der Waals surface area contributed by atoms with Crippen LogP contribution in [-0.2, 0) is 14.3 Å². The van der Waals surface area contributed by atoms with Gasteiger partial charge in [-0.1, -0.05) is 0 Å². The zero-order valence-corrected chi connectivity index (χ0v) is 11.5. The lowest BCUT2D eigenvalue weighted by atomic mass is 10.2. The van der Waals surface area contributed by atoms with E-state index in [2.05, 4.69) is 5.32 Å². The number of hydrogen-bond donors (Lipinski definition) is 2. The van der Waals surface area contributed by atoms with E-state index in [1.807, 2.05) is 0 Å². The molecular formula is C12H23NO5. The Labute approximate surface area is 108 Å². The van der Waals surface area contributed by atoms with Crippen molar-refractivity contribution in [1.29, 1.82) is 0 Å². The molecule has 0 fully saturated rings. The number of esters is 1. The molecule has 0 aliphatic heterocycles. The standard InChI is InChI=1S/C12H23NO5/c1-5-17-10(15)8-9(14)6-7-13-11(16)18-12(2,3)4/h9,14H,5-8H2,1-4H3,(H,13,16). The lowest BCUT2D eigenvalue weighted by Gasteiger charge is -2.20. The summed E-state index contributed by atoms with van der Waals surface area (Å²) in [7, 11) is 0. The second-order valence-corrected chi connectivity index (χ2v) is 4.88. The van der Waals surface area contributed by atoms with Gasteiger partial charge in [-0.25, -0.2) is 4.79 Å². The highest BCUT2D eigenvalue weighted by atomic mass is 16.6. The number of carbonyl (C=O) groups excluding carboxylic acids is 2. The average Bonchev–Trinajstić information content (AvgIpc) is 2.14. The van der Waals surface area contributed by atoms with Crippen LogP contribution in [0.4, 0.5) is 4.79 Å². The lowest BCUT2D eigenvalue weighted by molar-refractivity contribution is -0.145. The number of alkyl carbamates (subject to hydrolysis) is 1. The fraction of sp³-hybridized carbons (Fsp3) is 0.833. The van der Waals surface area contributed by atoms with Gasteiger partial charge in [0.2, 0.25) is 0 Å². The van der Waals surface area contributed by atoms with Crippen LogP contribution in [0.1, 0.15) is 40.5 Å². The van der Waals surface area contributed by atoms with E-state index in [4.69, 9.17) is 9.47 Å². The SMILES string of the molecule is CCOC(=O)CC(O)CCNC(=O)OC(C)(C)C. The van der Waals surface area contributed by atoms with Gasteiger partial charge in [-0.05, 0) is 34.1 Å².